The van der Waals surface area contributed by atoms with E-state index in [0.29, 0.717) is 5.92 Å². The van der Waals surface area contributed by atoms with E-state index in [9.17, 15) is 0 Å². The summed E-state index contributed by atoms with van der Waals surface area (Å²) >= 11 is 0. The zero-order chi connectivity index (χ0) is 25.9. The third kappa shape index (κ3) is 3.33. The summed E-state index contributed by atoms with van der Waals surface area (Å²) in [5.74, 6) is 5.12. The van der Waals surface area contributed by atoms with Crippen LogP contribution >= 0.6 is 0 Å². The van der Waals surface area contributed by atoms with E-state index >= 15 is 0 Å². The first-order valence-electron chi connectivity index (χ1n) is 15.1. The van der Waals surface area contributed by atoms with Gasteiger partial charge in [-0.25, -0.2) is 0 Å². The fourth-order valence-electron chi connectivity index (χ4n) is 9.59. The van der Waals surface area contributed by atoms with Crippen LogP contribution < -0.4 is 0 Å². The van der Waals surface area contributed by atoms with Gasteiger partial charge in [0.05, 0.1) is 5.41 Å². The second-order valence-electron chi connectivity index (χ2n) is 15.4. The first-order valence-corrected chi connectivity index (χ1v) is 15.1. The molecular formula is C37H45. The standard InChI is InChI=1S/C37H45/c1-22-16-31-33(32-25-18-23-17-24(20-25)21-26(32)19-23)34(22)37(31,29-12-8-27(9-13-29)35(2,3)4)30-14-10-28(11-15-30)36(5,6)7/h8-15,22-26,32H,17-21H2,1-7H3. The topological polar surface area (TPSA) is 0 Å². The maximum absolute atomic E-state index is 4.07. The summed E-state index contributed by atoms with van der Waals surface area (Å²) in [6.07, 6.45) is 11.6. The Morgan fingerprint density at radius 3 is 1.43 bits per heavy atom. The highest BCUT2D eigenvalue weighted by molar-refractivity contribution is 5.77. The molecule has 0 heteroatoms. The highest BCUT2D eigenvalue weighted by Gasteiger charge is 2.62. The van der Waals surface area contributed by atoms with Gasteiger partial charge in [-0.3, -0.25) is 0 Å². The SMILES string of the molecule is CC1[C]=C2C(C3C4CC5CC(C4)CC3C5)=C1C2(c1ccc(C(C)(C)C)cc1)c1ccc(C(C)(C)C)cc1. The number of benzene rings is 2. The Kier molecular flexibility index (Phi) is 5.02. The van der Waals surface area contributed by atoms with Gasteiger partial charge in [-0.1, -0.05) is 97.0 Å². The molecule has 9 rings (SSSR count). The van der Waals surface area contributed by atoms with Gasteiger partial charge >= 0.3 is 0 Å². The second kappa shape index (κ2) is 7.74. The molecule has 6 bridgehead atoms. The minimum absolute atomic E-state index is 0.101. The summed E-state index contributed by atoms with van der Waals surface area (Å²) < 4.78 is 0. The number of fused-ring (bicyclic) bond motifs is 2. The molecule has 0 heterocycles. The molecule has 0 aliphatic heterocycles. The van der Waals surface area contributed by atoms with Crippen molar-refractivity contribution < 1.29 is 0 Å². The fourth-order valence-corrected chi connectivity index (χ4v) is 9.59. The minimum Gasteiger partial charge on any atom is -0.0582 e. The Labute approximate surface area is 225 Å². The van der Waals surface area contributed by atoms with Gasteiger partial charge in [0.15, 0.2) is 0 Å². The molecule has 7 aliphatic carbocycles. The van der Waals surface area contributed by atoms with Crippen LogP contribution in [0.3, 0.4) is 0 Å². The summed E-state index contributed by atoms with van der Waals surface area (Å²) in [6.45, 7) is 16.3. The average molecular weight is 490 g/mol. The molecule has 0 nitrogen and oxygen atoms in total. The van der Waals surface area contributed by atoms with Crippen LogP contribution in [0.25, 0.3) is 0 Å². The lowest BCUT2D eigenvalue weighted by molar-refractivity contribution is -0.0220. The van der Waals surface area contributed by atoms with Crippen molar-refractivity contribution >= 4 is 0 Å². The molecule has 2 aromatic carbocycles. The largest absolute Gasteiger partial charge is 0.0679 e. The molecule has 0 aromatic heterocycles. The highest BCUT2D eigenvalue weighted by Crippen LogP contribution is 2.70. The molecule has 0 N–H and O–H groups in total. The zero-order valence-corrected chi connectivity index (χ0v) is 24.1. The van der Waals surface area contributed by atoms with E-state index in [2.05, 4.69) is 103 Å². The number of allylic oxidation sites excluding steroid dienone is 4. The van der Waals surface area contributed by atoms with Crippen molar-refractivity contribution in [1.29, 1.82) is 0 Å². The predicted octanol–water partition coefficient (Wildman–Crippen LogP) is 9.33. The lowest BCUT2D eigenvalue weighted by atomic mass is 9.45. The molecule has 4 fully saturated rings. The van der Waals surface area contributed by atoms with Crippen LogP contribution in [0.1, 0.15) is 103 Å². The summed E-state index contributed by atoms with van der Waals surface area (Å²) in [7, 11) is 0. The predicted molar refractivity (Wildman–Crippen MR) is 155 cm³/mol. The Morgan fingerprint density at radius 1 is 0.649 bits per heavy atom. The summed E-state index contributed by atoms with van der Waals surface area (Å²) in [5.41, 5.74) is 11.0. The van der Waals surface area contributed by atoms with Gasteiger partial charge < -0.3 is 0 Å². The van der Waals surface area contributed by atoms with E-state index in [0.717, 1.165) is 29.6 Å². The van der Waals surface area contributed by atoms with E-state index in [1.165, 1.54) is 54.4 Å². The molecule has 1 unspecified atom stereocenters. The van der Waals surface area contributed by atoms with Crippen LogP contribution in [-0.2, 0) is 16.2 Å². The maximum Gasteiger partial charge on any atom is 0.0679 e. The van der Waals surface area contributed by atoms with Crippen LogP contribution in [0.5, 0.6) is 0 Å². The lowest BCUT2D eigenvalue weighted by Gasteiger charge is -2.59. The van der Waals surface area contributed by atoms with E-state index in [1.54, 1.807) is 16.7 Å². The Balaban J connectivity index is 1.38. The van der Waals surface area contributed by atoms with Crippen LogP contribution in [-0.4, -0.2) is 0 Å². The second-order valence-corrected chi connectivity index (χ2v) is 15.4. The van der Waals surface area contributed by atoms with Crippen molar-refractivity contribution in [3.05, 3.63) is 93.6 Å². The van der Waals surface area contributed by atoms with Crippen molar-refractivity contribution in [1.82, 2.24) is 0 Å². The highest BCUT2D eigenvalue weighted by atomic mass is 14.6. The van der Waals surface area contributed by atoms with Crippen molar-refractivity contribution in [2.45, 2.75) is 96.8 Å². The van der Waals surface area contributed by atoms with Crippen molar-refractivity contribution in [3.63, 3.8) is 0 Å². The Hall–Kier alpha value is -2.08. The van der Waals surface area contributed by atoms with E-state index in [-0.39, 0.29) is 16.2 Å². The van der Waals surface area contributed by atoms with Crippen LogP contribution in [0.15, 0.2) is 65.3 Å². The Morgan fingerprint density at radius 2 is 1.08 bits per heavy atom. The van der Waals surface area contributed by atoms with Crippen LogP contribution in [0.4, 0.5) is 0 Å². The first kappa shape index (κ1) is 24.0. The van der Waals surface area contributed by atoms with Gasteiger partial charge in [-0.05, 0) is 118 Å². The lowest BCUT2D eigenvalue weighted by Crippen LogP contribution is -2.50. The minimum atomic E-state index is -0.101. The smallest absolute Gasteiger partial charge is 0.0582 e. The number of hydrogen-bond acceptors (Lipinski definition) is 0. The molecule has 1 atom stereocenters. The molecule has 1 radical (unpaired) electrons. The van der Waals surface area contributed by atoms with Gasteiger partial charge in [0, 0.05) is 5.92 Å². The maximum atomic E-state index is 4.07. The number of hydrogen-bond donors (Lipinski definition) is 0. The number of rotatable bonds is 3. The summed E-state index contributed by atoms with van der Waals surface area (Å²) in [5, 5.41) is 0. The summed E-state index contributed by atoms with van der Waals surface area (Å²) in [6, 6.07) is 19.4. The average Bonchev–Trinajstić information content (AvgIpc) is 3.33. The third-order valence-corrected chi connectivity index (χ3v) is 11.1. The van der Waals surface area contributed by atoms with Gasteiger partial charge in [0.25, 0.3) is 0 Å². The molecular weight excluding hydrogens is 444 g/mol. The third-order valence-electron chi connectivity index (χ3n) is 11.1. The molecule has 0 amide bonds. The molecule has 0 saturated heterocycles. The van der Waals surface area contributed by atoms with E-state index in [1.807, 2.05) is 0 Å². The van der Waals surface area contributed by atoms with Gasteiger partial charge in [0.1, 0.15) is 0 Å². The van der Waals surface area contributed by atoms with Crippen LogP contribution in [0.2, 0.25) is 0 Å². The van der Waals surface area contributed by atoms with Crippen LogP contribution in [0, 0.1) is 41.6 Å². The van der Waals surface area contributed by atoms with E-state index in [4.69, 9.17) is 0 Å². The quantitative estimate of drug-likeness (QED) is 0.403. The van der Waals surface area contributed by atoms with Crippen molar-refractivity contribution in [2.24, 2.45) is 35.5 Å². The molecule has 2 aromatic rings. The first-order chi connectivity index (χ1) is 17.5. The van der Waals surface area contributed by atoms with Gasteiger partial charge in [0.2, 0.25) is 0 Å². The van der Waals surface area contributed by atoms with E-state index < -0.39 is 0 Å². The summed E-state index contributed by atoms with van der Waals surface area (Å²) in [4.78, 5) is 0. The normalized spacial score (nSPS) is 33.5. The Bertz CT molecular complexity index is 1200. The molecule has 193 valence electrons. The van der Waals surface area contributed by atoms with Gasteiger partial charge in [-0.15, -0.1) is 0 Å². The fraction of sp³-hybridized carbons (Fsp3) is 0.568. The molecule has 7 aliphatic rings. The molecule has 4 saturated carbocycles. The van der Waals surface area contributed by atoms with Gasteiger partial charge in [-0.2, -0.15) is 0 Å². The van der Waals surface area contributed by atoms with Crippen molar-refractivity contribution in [2.75, 3.05) is 0 Å². The molecule has 37 heavy (non-hydrogen) atoms. The molecule has 0 spiro atoms. The monoisotopic (exact) mass is 489 g/mol. The zero-order valence-electron chi connectivity index (χ0n) is 24.1. The van der Waals surface area contributed by atoms with Crippen molar-refractivity contribution in [3.8, 4) is 0 Å².